The Balaban J connectivity index is 2.83. The molecule has 0 aliphatic heterocycles. The lowest BCUT2D eigenvalue weighted by Gasteiger charge is -2.05. The quantitative estimate of drug-likeness (QED) is 0.779. The van der Waals surface area contributed by atoms with Crippen molar-refractivity contribution in [2.45, 2.75) is 12.6 Å². The maximum Gasteiger partial charge on any atom is 0.450 e. The van der Waals surface area contributed by atoms with E-state index in [0.29, 0.717) is 6.07 Å². The first-order chi connectivity index (χ1) is 6.80. The second-order valence-electron chi connectivity index (χ2n) is 2.88. The monoisotopic (exact) mass is 222 g/mol. The summed E-state index contributed by atoms with van der Waals surface area (Å²) in [7, 11) is 0. The minimum atomic E-state index is -4.92. The minimum Gasteiger partial charge on any atom is -0.505 e. The van der Waals surface area contributed by atoms with E-state index in [9.17, 15) is 22.4 Å². The number of halogens is 4. The number of carbonyl (C=O) groups is 1. The highest BCUT2D eigenvalue weighted by molar-refractivity contribution is 5.86. The van der Waals surface area contributed by atoms with Crippen LogP contribution >= 0.6 is 0 Å². The van der Waals surface area contributed by atoms with Gasteiger partial charge in [-0.25, -0.2) is 4.39 Å². The molecule has 2 nitrogen and oxygen atoms in total. The summed E-state index contributed by atoms with van der Waals surface area (Å²) in [5, 5.41) is 8.76. The molecule has 0 saturated carbocycles. The van der Waals surface area contributed by atoms with Crippen molar-refractivity contribution in [2.75, 3.05) is 0 Å². The van der Waals surface area contributed by atoms with E-state index in [1.54, 1.807) is 0 Å². The summed E-state index contributed by atoms with van der Waals surface area (Å²) in [5.74, 6) is -3.67. The molecule has 0 atom stereocenters. The Bertz CT molecular complexity index is 384. The molecule has 1 rings (SSSR count). The van der Waals surface area contributed by atoms with E-state index in [1.807, 2.05) is 0 Å². The lowest BCUT2D eigenvalue weighted by Crippen LogP contribution is -2.24. The van der Waals surface area contributed by atoms with Crippen molar-refractivity contribution >= 4 is 5.78 Å². The predicted octanol–water partition coefficient (Wildman–Crippen LogP) is 2.21. The van der Waals surface area contributed by atoms with Gasteiger partial charge in [0.1, 0.15) is 0 Å². The fourth-order valence-corrected chi connectivity index (χ4v) is 0.946. The van der Waals surface area contributed by atoms with E-state index in [2.05, 4.69) is 0 Å². The average Bonchev–Trinajstić information content (AvgIpc) is 2.10. The molecule has 0 aromatic heterocycles. The predicted molar refractivity (Wildman–Crippen MR) is 42.8 cm³/mol. The van der Waals surface area contributed by atoms with Crippen LogP contribution in [0, 0.1) is 5.82 Å². The standard InChI is InChI=1S/C9H6F4O2/c10-6-3-5(1-2-7(6)14)4-8(15)9(11,12)13/h1-3,14H,4H2. The molecular weight excluding hydrogens is 216 g/mol. The van der Waals surface area contributed by atoms with E-state index < -0.39 is 29.9 Å². The number of alkyl halides is 3. The second kappa shape index (κ2) is 3.88. The van der Waals surface area contributed by atoms with E-state index in [4.69, 9.17) is 5.11 Å². The lowest BCUT2D eigenvalue weighted by atomic mass is 10.1. The van der Waals surface area contributed by atoms with E-state index in [-0.39, 0.29) is 5.56 Å². The molecule has 6 heteroatoms. The third-order valence-corrected chi connectivity index (χ3v) is 1.69. The summed E-state index contributed by atoms with van der Waals surface area (Å²) in [4.78, 5) is 10.5. The Hall–Kier alpha value is -1.59. The maximum atomic E-state index is 12.7. The van der Waals surface area contributed by atoms with Gasteiger partial charge in [-0.05, 0) is 17.7 Å². The Kier molecular flexibility index (Phi) is 2.97. The van der Waals surface area contributed by atoms with Gasteiger partial charge in [-0.15, -0.1) is 0 Å². The molecule has 15 heavy (non-hydrogen) atoms. The van der Waals surface area contributed by atoms with Crippen LogP contribution < -0.4 is 0 Å². The normalized spacial score (nSPS) is 11.5. The Labute approximate surface area is 82.1 Å². The minimum absolute atomic E-state index is 0.132. The number of aromatic hydroxyl groups is 1. The maximum absolute atomic E-state index is 12.7. The summed E-state index contributed by atoms with van der Waals surface area (Å²) in [5.41, 5.74) is -0.132. The number of hydrogen-bond acceptors (Lipinski definition) is 2. The Morgan fingerprint density at radius 3 is 2.40 bits per heavy atom. The topological polar surface area (TPSA) is 37.3 Å². The van der Waals surface area contributed by atoms with Crippen molar-refractivity contribution in [1.82, 2.24) is 0 Å². The van der Waals surface area contributed by atoms with Crippen LogP contribution in [-0.2, 0) is 11.2 Å². The van der Waals surface area contributed by atoms with Crippen molar-refractivity contribution in [3.05, 3.63) is 29.6 Å². The van der Waals surface area contributed by atoms with Crippen LogP contribution in [0.15, 0.2) is 18.2 Å². The van der Waals surface area contributed by atoms with Crippen molar-refractivity contribution in [2.24, 2.45) is 0 Å². The Morgan fingerprint density at radius 1 is 1.33 bits per heavy atom. The number of hydrogen-bond donors (Lipinski definition) is 1. The highest BCUT2D eigenvalue weighted by Gasteiger charge is 2.37. The van der Waals surface area contributed by atoms with Crippen molar-refractivity contribution < 1.29 is 27.5 Å². The van der Waals surface area contributed by atoms with Gasteiger partial charge in [0, 0.05) is 6.42 Å². The van der Waals surface area contributed by atoms with Crippen LogP contribution in [0.25, 0.3) is 0 Å². The summed E-state index contributed by atoms with van der Waals surface area (Å²) < 4.78 is 48.1. The number of phenolic OH excluding ortho intramolecular Hbond substituents is 1. The largest absolute Gasteiger partial charge is 0.505 e. The van der Waals surface area contributed by atoms with Crippen molar-refractivity contribution in [1.29, 1.82) is 0 Å². The molecule has 0 radical (unpaired) electrons. The van der Waals surface area contributed by atoms with E-state index in [1.165, 1.54) is 0 Å². The molecule has 0 aliphatic carbocycles. The number of rotatable bonds is 2. The smallest absolute Gasteiger partial charge is 0.450 e. The highest BCUT2D eigenvalue weighted by atomic mass is 19.4. The zero-order valence-electron chi connectivity index (χ0n) is 7.31. The van der Waals surface area contributed by atoms with Crippen LogP contribution in [0.2, 0.25) is 0 Å². The van der Waals surface area contributed by atoms with Crippen LogP contribution in [0.4, 0.5) is 17.6 Å². The molecule has 1 aromatic carbocycles. The van der Waals surface area contributed by atoms with Gasteiger partial charge >= 0.3 is 6.18 Å². The van der Waals surface area contributed by atoms with Gasteiger partial charge in [0.25, 0.3) is 0 Å². The van der Waals surface area contributed by atoms with E-state index in [0.717, 1.165) is 12.1 Å². The third kappa shape index (κ3) is 2.93. The summed E-state index contributed by atoms with van der Waals surface area (Å²) in [6, 6.07) is 2.65. The fraction of sp³-hybridized carbons (Fsp3) is 0.222. The van der Waals surface area contributed by atoms with Crippen molar-refractivity contribution in [3.8, 4) is 5.75 Å². The summed E-state index contributed by atoms with van der Waals surface area (Å²) in [6.07, 6.45) is -5.85. The van der Waals surface area contributed by atoms with Crippen LogP contribution in [-0.4, -0.2) is 17.1 Å². The van der Waals surface area contributed by atoms with Gasteiger partial charge in [-0.2, -0.15) is 13.2 Å². The molecule has 0 unspecified atom stereocenters. The highest BCUT2D eigenvalue weighted by Crippen LogP contribution is 2.21. The van der Waals surface area contributed by atoms with E-state index >= 15 is 0 Å². The molecule has 0 fully saturated rings. The number of carbonyl (C=O) groups excluding carboxylic acids is 1. The number of ketones is 1. The molecule has 0 saturated heterocycles. The zero-order valence-corrected chi connectivity index (χ0v) is 7.31. The van der Waals surface area contributed by atoms with Crippen LogP contribution in [0.5, 0.6) is 5.75 Å². The number of Topliss-reactive ketones (excluding diaryl/α,β-unsaturated/α-hetero) is 1. The number of phenols is 1. The molecule has 1 aromatic rings. The molecule has 82 valence electrons. The molecule has 0 spiro atoms. The van der Waals surface area contributed by atoms with Crippen molar-refractivity contribution in [3.63, 3.8) is 0 Å². The first-order valence-corrected chi connectivity index (χ1v) is 3.88. The summed E-state index contributed by atoms with van der Waals surface area (Å²) >= 11 is 0. The SMILES string of the molecule is O=C(Cc1ccc(O)c(F)c1)C(F)(F)F. The van der Waals surface area contributed by atoms with Gasteiger partial charge in [0.15, 0.2) is 11.6 Å². The number of benzene rings is 1. The average molecular weight is 222 g/mol. The fourth-order valence-electron chi connectivity index (χ4n) is 0.946. The lowest BCUT2D eigenvalue weighted by molar-refractivity contribution is -0.170. The zero-order chi connectivity index (χ0) is 11.6. The van der Waals surface area contributed by atoms with Gasteiger partial charge in [0.2, 0.25) is 5.78 Å². The van der Waals surface area contributed by atoms with Gasteiger partial charge < -0.3 is 5.11 Å². The molecule has 0 aliphatic rings. The Morgan fingerprint density at radius 2 is 1.93 bits per heavy atom. The van der Waals surface area contributed by atoms with Crippen LogP contribution in [0.1, 0.15) is 5.56 Å². The molecular formula is C9H6F4O2. The molecule has 0 amide bonds. The first kappa shape index (κ1) is 11.5. The first-order valence-electron chi connectivity index (χ1n) is 3.88. The summed E-state index contributed by atoms with van der Waals surface area (Å²) in [6.45, 7) is 0. The molecule has 0 bridgehead atoms. The second-order valence-corrected chi connectivity index (χ2v) is 2.88. The van der Waals surface area contributed by atoms with Crippen LogP contribution in [0.3, 0.4) is 0 Å². The van der Waals surface area contributed by atoms with Gasteiger partial charge in [-0.1, -0.05) is 6.07 Å². The van der Waals surface area contributed by atoms with Gasteiger partial charge in [0.05, 0.1) is 0 Å². The molecule has 0 heterocycles. The third-order valence-electron chi connectivity index (χ3n) is 1.69. The molecule has 1 N–H and O–H groups in total. The van der Waals surface area contributed by atoms with Gasteiger partial charge in [-0.3, -0.25) is 4.79 Å².